The zero-order valence-electron chi connectivity index (χ0n) is 12.6. The number of pyridine rings is 1. The molecule has 3 aromatic rings. The van der Waals surface area contributed by atoms with Crippen LogP contribution in [0.3, 0.4) is 0 Å². The van der Waals surface area contributed by atoms with Crippen LogP contribution < -0.4 is 17.0 Å². The van der Waals surface area contributed by atoms with Crippen LogP contribution in [0.1, 0.15) is 21.5 Å². The van der Waals surface area contributed by atoms with Gasteiger partial charge in [-0.2, -0.15) is 0 Å². The molecule has 0 unspecified atom stereocenters. The van der Waals surface area contributed by atoms with Gasteiger partial charge in [0.2, 0.25) is 0 Å². The largest absolute Gasteiger partial charge is 1.00 e. The summed E-state index contributed by atoms with van der Waals surface area (Å²) in [5, 5.41) is 1.09. The SMILES string of the molecule is O=C(c1ccccc1)c1cc[n+](Cc2ccc(Cl)c(Cl)c2)cc1.[Cl-]. The molecule has 1 heterocycles. The molecule has 1 aromatic heterocycles. The van der Waals surface area contributed by atoms with Gasteiger partial charge < -0.3 is 12.4 Å². The molecule has 0 amide bonds. The number of rotatable bonds is 4. The van der Waals surface area contributed by atoms with E-state index < -0.39 is 0 Å². The smallest absolute Gasteiger partial charge is 0.193 e. The highest BCUT2D eigenvalue weighted by Crippen LogP contribution is 2.22. The van der Waals surface area contributed by atoms with Crippen molar-refractivity contribution < 1.29 is 21.8 Å². The minimum Gasteiger partial charge on any atom is -1.00 e. The quantitative estimate of drug-likeness (QED) is 0.499. The molecule has 0 radical (unpaired) electrons. The van der Waals surface area contributed by atoms with Crippen LogP contribution in [0.5, 0.6) is 0 Å². The van der Waals surface area contributed by atoms with Crippen LogP contribution >= 0.6 is 23.2 Å². The molecule has 2 aromatic carbocycles. The van der Waals surface area contributed by atoms with E-state index in [4.69, 9.17) is 23.2 Å². The summed E-state index contributed by atoms with van der Waals surface area (Å²) in [6.07, 6.45) is 3.78. The maximum Gasteiger partial charge on any atom is 0.193 e. The second-order valence-corrected chi connectivity index (χ2v) is 6.02. The van der Waals surface area contributed by atoms with Crippen LogP contribution in [0.15, 0.2) is 73.1 Å². The number of hydrogen-bond donors (Lipinski definition) is 0. The second kappa shape index (κ2) is 8.29. The fourth-order valence-corrected chi connectivity index (χ4v) is 2.64. The average molecular weight is 379 g/mol. The van der Waals surface area contributed by atoms with Crippen molar-refractivity contribution in [2.45, 2.75) is 6.54 Å². The van der Waals surface area contributed by atoms with Gasteiger partial charge in [0.15, 0.2) is 24.7 Å². The van der Waals surface area contributed by atoms with Gasteiger partial charge in [-0.05, 0) is 12.1 Å². The Kier molecular flexibility index (Phi) is 6.38. The Hall–Kier alpha value is -1.87. The Bertz CT molecular complexity index is 833. The van der Waals surface area contributed by atoms with Crippen molar-refractivity contribution in [2.75, 3.05) is 0 Å². The van der Waals surface area contributed by atoms with E-state index in [1.165, 1.54) is 0 Å². The van der Waals surface area contributed by atoms with Gasteiger partial charge in [-0.1, -0.05) is 59.6 Å². The van der Waals surface area contributed by atoms with E-state index in [0.717, 1.165) is 5.56 Å². The molecule has 0 aliphatic rings. The first-order valence-electron chi connectivity index (χ1n) is 7.16. The maximum atomic E-state index is 12.4. The van der Waals surface area contributed by atoms with Gasteiger partial charge in [-0.15, -0.1) is 0 Å². The first-order valence-corrected chi connectivity index (χ1v) is 7.92. The fourth-order valence-electron chi connectivity index (χ4n) is 2.32. The number of benzene rings is 2. The minimum absolute atomic E-state index is 0. The molecule has 0 bridgehead atoms. The molecule has 24 heavy (non-hydrogen) atoms. The van der Waals surface area contributed by atoms with E-state index in [9.17, 15) is 4.79 Å². The molecule has 0 saturated heterocycles. The van der Waals surface area contributed by atoms with Crippen LogP contribution in [-0.4, -0.2) is 5.78 Å². The zero-order chi connectivity index (χ0) is 16.2. The first kappa shape index (κ1) is 18.5. The Labute approximate surface area is 157 Å². The van der Waals surface area contributed by atoms with Crippen molar-refractivity contribution >= 4 is 29.0 Å². The van der Waals surface area contributed by atoms with Gasteiger partial charge >= 0.3 is 0 Å². The lowest BCUT2D eigenvalue weighted by molar-refractivity contribution is -0.688. The predicted octanol–water partition coefficient (Wildman–Crippen LogP) is 1.56. The lowest BCUT2D eigenvalue weighted by Gasteiger charge is -2.02. The van der Waals surface area contributed by atoms with Crippen molar-refractivity contribution in [2.24, 2.45) is 0 Å². The lowest BCUT2D eigenvalue weighted by Crippen LogP contribution is -3.00. The Morgan fingerprint density at radius 1 is 0.833 bits per heavy atom. The number of halogens is 3. The van der Waals surface area contributed by atoms with Crippen LogP contribution in [-0.2, 0) is 6.54 Å². The van der Waals surface area contributed by atoms with E-state index >= 15 is 0 Å². The molecule has 5 heteroatoms. The van der Waals surface area contributed by atoms with Crippen molar-refractivity contribution in [3.8, 4) is 0 Å². The molecule has 3 rings (SSSR count). The third-order valence-corrected chi connectivity index (χ3v) is 4.28. The third-order valence-electron chi connectivity index (χ3n) is 3.54. The van der Waals surface area contributed by atoms with Crippen molar-refractivity contribution in [1.29, 1.82) is 0 Å². The summed E-state index contributed by atoms with van der Waals surface area (Å²) in [5.41, 5.74) is 2.41. The summed E-state index contributed by atoms with van der Waals surface area (Å²) in [6, 6.07) is 18.5. The Morgan fingerprint density at radius 2 is 1.46 bits per heavy atom. The fraction of sp³-hybridized carbons (Fsp3) is 0.0526. The van der Waals surface area contributed by atoms with Gasteiger partial charge in [0.1, 0.15) is 0 Å². The second-order valence-electron chi connectivity index (χ2n) is 5.20. The molecule has 0 fully saturated rings. The Balaban J connectivity index is 0.00000208. The van der Waals surface area contributed by atoms with E-state index in [1.54, 1.807) is 6.07 Å². The molecule has 2 nitrogen and oxygen atoms in total. The van der Waals surface area contributed by atoms with Gasteiger partial charge in [-0.25, -0.2) is 4.57 Å². The number of carbonyl (C=O) groups is 1. The molecule has 0 atom stereocenters. The van der Waals surface area contributed by atoms with E-state index in [0.29, 0.717) is 27.7 Å². The minimum atomic E-state index is 0. The van der Waals surface area contributed by atoms with E-state index in [1.807, 2.05) is 71.6 Å². The molecule has 0 N–H and O–H groups in total. The maximum absolute atomic E-state index is 12.4. The molecular formula is C19H14Cl3NO. The summed E-state index contributed by atoms with van der Waals surface area (Å²) in [4.78, 5) is 12.4. The highest BCUT2D eigenvalue weighted by atomic mass is 35.5. The van der Waals surface area contributed by atoms with Crippen LogP contribution in [0.2, 0.25) is 10.0 Å². The molecule has 122 valence electrons. The first-order chi connectivity index (χ1) is 11.1. The number of ketones is 1. The molecule has 0 aliphatic carbocycles. The number of aromatic nitrogens is 1. The van der Waals surface area contributed by atoms with Crippen molar-refractivity contribution in [3.05, 3.63) is 99.8 Å². The number of nitrogens with zero attached hydrogens (tertiary/aromatic N) is 1. The van der Waals surface area contributed by atoms with E-state index in [-0.39, 0.29) is 18.2 Å². The summed E-state index contributed by atoms with van der Waals surface area (Å²) in [7, 11) is 0. The van der Waals surface area contributed by atoms with Crippen LogP contribution in [0, 0.1) is 0 Å². The van der Waals surface area contributed by atoms with Gasteiger partial charge in [0.25, 0.3) is 0 Å². The summed E-state index contributed by atoms with van der Waals surface area (Å²) in [5.74, 6) is 0.0206. The van der Waals surface area contributed by atoms with Gasteiger partial charge in [0.05, 0.1) is 10.0 Å². The topological polar surface area (TPSA) is 20.9 Å². The predicted molar refractivity (Wildman–Crippen MR) is 92.1 cm³/mol. The standard InChI is InChI=1S/C19H14Cl2NO.ClH/c20-17-7-6-14(12-18(17)21)13-22-10-8-16(9-11-22)19(23)15-4-2-1-3-5-15;/h1-12H,13H2;1H/q+1;/p-1. The highest BCUT2D eigenvalue weighted by molar-refractivity contribution is 6.42. The Morgan fingerprint density at radius 3 is 2.08 bits per heavy atom. The monoisotopic (exact) mass is 377 g/mol. The average Bonchev–Trinajstić information content (AvgIpc) is 2.59. The van der Waals surface area contributed by atoms with Crippen molar-refractivity contribution in [1.82, 2.24) is 0 Å². The summed E-state index contributed by atoms with van der Waals surface area (Å²) < 4.78 is 1.99. The van der Waals surface area contributed by atoms with Crippen LogP contribution in [0.4, 0.5) is 0 Å². The van der Waals surface area contributed by atoms with E-state index in [2.05, 4.69) is 0 Å². The molecule has 0 saturated carbocycles. The van der Waals surface area contributed by atoms with Gasteiger partial charge in [0, 0.05) is 28.8 Å². The lowest BCUT2D eigenvalue weighted by atomic mass is 10.0. The highest BCUT2D eigenvalue weighted by Gasteiger charge is 2.11. The normalized spacial score (nSPS) is 10.1. The summed E-state index contributed by atoms with van der Waals surface area (Å²) >= 11 is 12.0. The van der Waals surface area contributed by atoms with Crippen molar-refractivity contribution in [3.63, 3.8) is 0 Å². The molecular weight excluding hydrogens is 365 g/mol. The summed E-state index contributed by atoms with van der Waals surface area (Å²) in [6.45, 7) is 0.663. The van der Waals surface area contributed by atoms with Gasteiger partial charge in [-0.3, -0.25) is 4.79 Å². The zero-order valence-corrected chi connectivity index (χ0v) is 14.9. The number of hydrogen-bond acceptors (Lipinski definition) is 1. The number of carbonyl (C=O) groups excluding carboxylic acids is 1. The third kappa shape index (κ3) is 4.35. The molecule has 0 aliphatic heterocycles. The molecule has 0 spiro atoms. The van der Waals surface area contributed by atoms with Crippen LogP contribution in [0.25, 0.3) is 0 Å².